The van der Waals surface area contributed by atoms with Crippen LogP contribution < -0.4 is 0 Å². The van der Waals surface area contributed by atoms with Crippen LogP contribution >= 0.6 is 0 Å². The van der Waals surface area contributed by atoms with Crippen molar-refractivity contribution in [3.8, 4) is 135 Å². The summed E-state index contributed by atoms with van der Waals surface area (Å²) in [5, 5.41) is 8.57. The zero-order chi connectivity index (χ0) is 76.8. The highest BCUT2D eigenvalue weighted by Crippen LogP contribution is 2.39. The summed E-state index contributed by atoms with van der Waals surface area (Å²) in [5.41, 5.74) is 28.8. The third kappa shape index (κ3) is 13.4. The molecule has 0 bridgehead atoms. The lowest BCUT2D eigenvalue weighted by Gasteiger charge is -2.11. The molecule has 0 amide bonds. The van der Waals surface area contributed by atoms with E-state index in [2.05, 4.69) is 270 Å². The zero-order valence-electron chi connectivity index (χ0n) is 62.3. The third-order valence-corrected chi connectivity index (χ3v) is 21.5. The van der Waals surface area contributed by atoms with E-state index in [1.54, 1.807) is 0 Å². The Hall–Kier alpha value is -15.9. The minimum atomic E-state index is 0.589. The Balaban J connectivity index is 0.000000145. The highest BCUT2D eigenvalue weighted by Gasteiger charge is 2.19. The Morgan fingerprint density at radius 2 is 0.466 bits per heavy atom. The van der Waals surface area contributed by atoms with Crippen molar-refractivity contribution in [3.05, 3.63) is 389 Å². The maximum atomic E-state index is 5.12. The molecule has 0 aliphatic rings. The minimum Gasteiger partial charge on any atom is -0.254 e. The van der Waals surface area contributed by atoms with Crippen molar-refractivity contribution in [2.75, 3.05) is 0 Å². The van der Waals surface area contributed by atoms with E-state index in [-0.39, 0.29) is 0 Å². The van der Waals surface area contributed by atoms with Crippen molar-refractivity contribution in [1.29, 1.82) is 0 Å². The highest BCUT2D eigenvalue weighted by molar-refractivity contribution is 6.10. The average molecular weight is 1480 g/mol. The molecule has 0 aliphatic heterocycles. The smallest absolute Gasteiger partial charge is 0.179 e. The van der Waals surface area contributed by atoms with Gasteiger partial charge in [-0.2, -0.15) is 0 Å². The first-order valence-electron chi connectivity index (χ1n) is 38.5. The van der Waals surface area contributed by atoms with E-state index in [4.69, 9.17) is 44.9 Å². The second-order valence-corrected chi connectivity index (χ2v) is 28.8. The largest absolute Gasteiger partial charge is 0.254 e. The van der Waals surface area contributed by atoms with E-state index in [9.17, 15) is 0 Å². The predicted octanol–water partition coefficient (Wildman–Crippen LogP) is 25.3. The van der Waals surface area contributed by atoms with Crippen LogP contribution in [-0.4, -0.2) is 59.8 Å². The lowest BCUT2D eigenvalue weighted by atomic mass is 9.96. The number of fused-ring (bicyclic) bond motifs is 10. The SMILES string of the molecule is c1ccc(-c2cc(-c3ccccc3)nc(-c3ccc4ccc(-c5ccc6nc(-c7ccc(-c8cc9cccnc9c9ncccc89)cc7)ccc6c5)cc4n3)n2)cc1.c1ccc(-c2cc(-c3ccccc3)nc(-c3ccc4ccc(-c5ccc6nc(-c7ccc(-c8ccc9ccc%10cccnc%10c9n8)cc7)ccc6c5)cc4n3)n2)cc1. The normalized spacial score (nSPS) is 11.4. The summed E-state index contributed by atoms with van der Waals surface area (Å²) in [6.07, 6.45) is 5.47. The molecule has 0 fully saturated rings. The molecule has 10 aromatic heterocycles. The van der Waals surface area contributed by atoms with Gasteiger partial charge in [-0.05, 0) is 137 Å². The Labute approximate surface area is 666 Å². The molecule has 540 valence electrons. The number of pyridine rings is 8. The standard InChI is InChI=1S/2C52H32N6/c1-3-9-34(10-4-1)48-32-49(35-11-5-2-6-12-35)58-52(57-48)46-26-21-37-19-20-39(31-47(37)56-46)38-22-24-45-40(29-38)23-25-44(55-45)36-17-15-33(16-18-36)43-30-41-13-7-27-53-50(41)51-42(43)14-8-28-54-51;1-3-8-33(9-4-1)48-32-49(34-10-5-2-6-11-34)58-52(57-48)46-28-21-37-17-20-41(31-47(37)55-46)40-23-26-45-42(30-40)24-27-43(54-45)35-13-15-36(16-14-35)44-25-22-39-19-18-38-12-7-29-53-50(38)51(39)56-44/h2*1-32H. The summed E-state index contributed by atoms with van der Waals surface area (Å²) >= 11 is 0. The molecule has 12 nitrogen and oxygen atoms in total. The molecule has 0 saturated carbocycles. The first kappa shape index (κ1) is 68.1. The van der Waals surface area contributed by atoms with Gasteiger partial charge in [0.2, 0.25) is 0 Å². The Kier molecular flexibility index (Phi) is 17.3. The van der Waals surface area contributed by atoms with Gasteiger partial charge in [-0.1, -0.05) is 267 Å². The van der Waals surface area contributed by atoms with E-state index < -0.39 is 0 Å². The van der Waals surface area contributed by atoms with Gasteiger partial charge in [-0.15, -0.1) is 0 Å². The lowest BCUT2D eigenvalue weighted by molar-refractivity contribution is 1.16. The maximum Gasteiger partial charge on any atom is 0.179 e. The van der Waals surface area contributed by atoms with Crippen molar-refractivity contribution in [2.24, 2.45) is 0 Å². The minimum absolute atomic E-state index is 0.589. The van der Waals surface area contributed by atoms with Crippen LogP contribution in [0.15, 0.2) is 389 Å². The van der Waals surface area contributed by atoms with Gasteiger partial charge in [0.05, 0.1) is 84.0 Å². The van der Waals surface area contributed by atoms with Crippen molar-refractivity contribution in [1.82, 2.24) is 59.8 Å². The molecule has 10 heterocycles. The highest BCUT2D eigenvalue weighted by atomic mass is 14.9. The van der Waals surface area contributed by atoms with Crippen molar-refractivity contribution < 1.29 is 0 Å². The van der Waals surface area contributed by atoms with Crippen LogP contribution in [0.5, 0.6) is 0 Å². The van der Waals surface area contributed by atoms with Gasteiger partial charge in [0.25, 0.3) is 0 Å². The molecule has 22 rings (SSSR count). The summed E-state index contributed by atoms with van der Waals surface area (Å²) in [7, 11) is 0. The Morgan fingerprint density at radius 3 is 0.931 bits per heavy atom. The number of hydrogen-bond donors (Lipinski definition) is 0. The van der Waals surface area contributed by atoms with Crippen molar-refractivity contribution >= 4 is 87.2 Å². The van der Waals surface area contributed by atoms with Gasteiger partial charge in [0.15, 0.2) is 11.6 Å². The molecule has 0 radical (unpaired) electrons. The van der Waals surface area contributed by atoms with Crippen LogP contribution in [-0.2, 0) is 0 Å². The van der Waals surface area contributed by atoms with Crippen LogP contribution in [0, 0.1) is 0 Å². The fourth-order valence-corrected chi connectivity index (χ4v) is 15.5. The zero-order valence-corrected chi connectivity index (χ0v) is 62.3. The van der Waals surface area contributed by atoms with Gasteiger partial charge in [-0.3, -0.25) is 15.0 Å². The van der Waals surface area contributed by atoms with Crippen LogP contribution in [0.2, 0.25) is 0 Å². The topological polar surface area (TPSA) is 155 Å². The first-order valence-corrected chi connectivity index (χ1v) is 38.5. The fourth-order valence-electron chi connectivity index (χ4n) is 15.5. The first-order chi connectivity index (χ1) is 57.4. The average Bonchev–Trinajstić information content (AvgIpc) is 0.771. The maximum absolute atomic E-state index is 5.12. The molecule has 22 aromatic rings. The van der Waals surface area contributed by atoms with Crippen LogP contribution in [0.3, 0.4) is 0 Å². The second kappa shape index (κ2) is 29.4. The summed E-state index contributed by atoms with van der Waals surface area (Å²) in [6.45, 7) is 0. The quantitative estimate of drug-likeness (QED) is 0.107. The fraction of sp³-hybridized carbons (Fsp3) is 0. The molecular formula is C104H64N12. The van der Waals surface area contributed by atoms with Gasteiger partial charge < -0.3 is 0 Å². The molecule has 0 aliphatic carbocycles. The van der Waals surface area contributed by atoms with E-state index in [1.165, 1.54) is 0 Å². The van der Waals surface area contributed by atoms with Gasteiger partial charge in [-0.25, -0.2) is 44.9 Å². The predicted molar refractivity (Wildman–Crippen MR) is 472 cm³/mol. The van der Waals surface area contributed by atoms with Crippen molar-refractivity contribution in [2.45, 2.75) is 0 Å². The van der Waals surface area contributed by atoms with Gasteiger partial charge in [0, 0.05) is 101 Å². The molecule has 116 heavy (non-hydrogen) atoms. The number of rotatable bonds is 12. The van der Waals surface area contributed by atoms with Crippen LogP contribution in [0.25, 0.3) is 222 Å². The van der Waals surface area contributed by atoms with E-state index >= 15 is 0 Å². The molecular weight excluding hydrogens is 1420 g/mol. The second-order valence-electron chi connectivity index (χ2n) is 28.8. The number of nitrogens with zero attached hydrogens (tertiary/aromatic N) is 12. The summed E-state index contributed by atoms with van der Waals surface area (Å²) < 4.78 is 0. The van der Waals surface area contributed by atoms with E-state index in [1.807, 2.05) is 134 Å². The van der Waals surface area contributed by atoms with Crippen LogP contribution in [0.1, 0.15) is 0 Å². The molecule has 0 saturated heterocycles. The number of aromatic nitrogens is 12. The van der Waals surface area contributed by atoms with E-state index in [0.717, 1.165) is 211 Å². The molecule has 12 aromatic carbocycles. The summed E-state index contributed by atoms with van der Waals surface area (Å²) in [4.78, 5) is 59.3. The van der Waals surface area contributed by atoms with E-state index in [0.29, 0.717) is 11.6 Å². The summed E-state index contributed by atoms with van der Waals surface area (Å²) in [5.74, 6) is 1.18. The third-order valence-electron chi connectivity index (χ3n) is 21.5. The van der Waals surface area contributed by atoms with Crippen molar-refractivity contribution in [3.63, 3.8) is 0 Å². The Morgan fingerprint density at radius 1 is 0.147 bits per heavy atom. The van der Waals surface area contributed by atoms with Crippen LogP contribution in [0.4, 0.5) is 0 Å². The number of hydrogen-bond acceptors (Lipinski definition) is 12. The summed E-state index contributed by atoms with van der Waals surface area (Å²) in [6, 6.07) is 127. The lowest BCUT2D eigenvalue weighted by Crippen LogP contribution is -1.97. The Bertz CT molecular complexity index is 7430. The molecule has 12 heteroatoms. The number of benzene rings is 12. The van der Waals surface area contributed by atoms with Gasteiger partial charge >= 0.3 is 0 Å². The molecule has 0 N–H and O–H groups in total. The molecule has 0 atom stereocenters. The molecule has 0 spiro atoms. The van der Waals surface area contributed by atoms with Gasteiger partial charge in [0.1, 0.15) is 11.4 Å². The molecule has 0 unspecified atom stereocenters. The monoisotopic (exact) mass is 1480 g/mol.